The van der Waals surface area contributed by atoms with Crippen LogP contribution in [0.5, 0.6) is 0 Å². The molecule has 1 N–H and O–H groups in total. The average molecular weight is 307 g/mol. The molecular weight excluding hydrogens is 300 g/mol. The standard InChI is InChI=1S/C13H7F6NO/c14-12(15,16)9-3-1-2-7(4-9)8-5-10(13(17,18)19)20-11(21)6-8/h1-6H,(H,20,21). The van der Waals surface area contributed by atoms with Crippen molar-refractivity contribution >= 4 is 0 Å². The van der Waals surface area contributed by atoms with Gasteiger partial charge in [0.05, 0.1) is 5.56 Å². The number of benzene rings is 1. The average Bonchev–Trinajstić information content (AvgIpc) is 2.36. The van der Waals surface area contributed by atoms with Crippen molar-refractivity contribution in [3.05, 3.63) is 58.0 Å². The first-order valence-corrected chi connectivity index (χ1v) is 5.56. The van der Waals surface area contributed by atoms with E-state index in [2.05, 4.69) is 0 Å². The maximum Gasteiger partial charge on any atom is 0.431 e. The summed E-state index contributed by atoms with van der Waals surface area (Å²) >= 11 is 0. The SMILES string of the molecule is O=c1cc(-c2cccc(C(F)(F)F)c2)cc(C(F)(F)F)[nH]1. The maximum atomic E-state index is 12.6. The summed E-state index contributed by atoms with van der Waals surface area (Å²) in [6, 6.07) is 5.15. The van der Waals surface area contributed by atoms with Gasteiger partial charge in [-0.2, -0.15) is 26.3 Å². The number of pyridine rings is 1. The summed E-state index contributed by atoms with van der Waals surface area (Å²) in [5.41, 5.74) is -3.73. The van der Waals surface area contributed by atoms with Crippen LogP contribution in [0, 0.1) is 0 Å². The molecule has 0 aliphatic carbocycles. The molecule has 2 aromatic rings. The van der Waals surface area contributed by atoms with E-state index in [-0.39, 0.29) is 11.1 Å². The van der Waals surface area contributed by atoms with Gasteiger partial charge >= 0.3 is 12.4 Å². The minimum Gasteiger partial charge on any atom is -0.318 e. The highest BCUT2D eigenvalue weighted by atomic mass is 19.4. The molecule has 0 saturated carbocycles. The van der Waals surface area contributed by atoms with E-state index in [0.29, 0.717) is 12.1 Å². The molecular formula is C13H7F6NO. The Hall–Kier alpha value is -2.25. The fraction of sp³-hybridized carbons (Fsp3) is 0.154. The molecule has 1 aromatic carbocycles. The van der Waals surface area contributed by atoms with Crippen LogP contribution < -0.4 is 5.56 Å². The summed E-state index contributed by atoms with van der Waals surface area (Å²) in [6.07, 6.45) is -9.42. The van der Waals surface area contributed by atoms with Gasteiger partial charge in [-0.3, -0.25) is 4.79 Å². The number of rotatable bonds is 1. The van der Waals surface area contributed by atoms with E-state index < -0.39 is 29.2 Å². The van der Waals surface area contributed by atoms with Gasteiger partial charge in [-0.05, 0) is 29.3 Å². The van der Waals surface area contributed by atoms with Crippen LogP contribution in [0.25, 0.3) is 11.1 Å². The van der Waals surface area contributed by atoms with E-state index in [1.807, 2.05) is 0 Å². The molecule has 112 valence electrons. The molecule has 0 atom stereocenters. The molecule has 0 spiro atoms. The molecule has 21 heavy (non-hydrogen) atoms. The van der Waals surface area contributed by atoms with Gasteiger partial charge < -0.3 is 4.98 Å². The van der Waals surface area contributed by atoms with E-state index in [9.17, 15) is 31.1 Å². The van der Waals surface area contributed by atoms with Gasteiger partial charge in [-0.1, -0.05) is 12.1 Å². The highest BCUT2D eigenvalue weighted by molar-refractivity contribution is 5.64. The number of hydrogen-bond acceptors (Lipinski definition) is 1. The summed E-state index contributed by atoms with van der Waals surface area (Å²) in [7, 11) is 0. The Kier molecular flexibility index (Phi) is 3.56. The Morgan fingerprint density at radius 2 is 1.48 bits per heavy atom. The molecule has 1 heterocycles. The van der Waals surface area contributed by atoms with Gasteiger partial charge in [-0.25, -0.2) is 0 Å². The minimum absolute atomic E-state index is 0.124. The molecule has 0 bridgehead atoms. The van der Waals surface area contributed by atoms with Gasteiger partial charge in [0.2, 0.25) is 5.56 Å². The number of aromatic amines is 1. The molecule has 8 heteroatoms. The van der Waals surface area contributed by atoms with Gasteiger partial charge in [0.1, 0.15) is 5.69 Å². The van der Waals surface area contributed by atoms with Crippen molar-refractivity contribution in [3.63, 3.8) is 0 Å². The third kappa shape index (κ3) is 3.45. The first-order chi connectivity index (χ1) is 9.57. The highest BCUT2D eigenvalue weighted by Gasteiger charge is 2.33. The van der Waals surface area contributed by atoms with Gasteiger partial charge in [-0.15, -0.1) is 0 Å². The fourth-order valence-electron chi connectivity index (χ4n) is 1.74. The molecule has 2 nitrogen and oxygen atoms in total. The van der Waals surface area contributed by atoms with Crippen molar-refractivity contribution in [3.8, 4) is 11.1 Å². The fourth-order valence-corrected chi connectivity index (χ4v) is 1.74. The molecule has 0 saturated heterocycles. The number of alkyl halides is 6. The van der Waals surface area contributed by atoms with Crippen molar-refractivity contribution in [2.45, 2.75) is 12.4 Å². The predicted molar refractivity (Wildman–Crippen MR) is 62.5 cm³/mol. The van der Waals surface area contributed by atoms with E-state index in [1.165, 1.54) is 6.07 Å². The van der Waals surface area contributed by atoms with Crippen LogP contribution in [-0.2, 0) is 12.4 Å². The van der Waals surface area contributed by atoms with E-state index in [0.717, 1.165) is 18.2 Å². The number of hydrogen-bond donors (Lipinski definition) is 1. The second kappa shape index (κ2) is 4.94. The van der Waals surface area contributed by atoms with Crippen LogP contribution in [0.3, 0.4) is 0 Å². The van der Waals surface area contributed by atoms with Crippen molar-refractivity contribution in [1.29, 1.82) is 0 Å². The number of halogens is 6. The molecule has 0 amide bonds. The zero-order valence-corrected chi connectivity index (χ0v) is 10.1. The van der Waals surface area contributed by atoms with Crippen molar-refractivity contribution in [2.75, 3.05) is 0 Å². The first kappa shape index (κ1) is 15.1. The molecule has 0 aliphatic heterocycles. The molecule has 0 aliphatic rings. The van der Waals surface area contributed by atoms with Crippen molar-refractivity contribution in [1.82, 2.24) is 4.98 Å². The summed E-state index contributed by atoms with van der Waals surface area (Å²) in [5, 5.41) is 0. The zero-order valence-electron chi connectivity index (χ0n) is 10.1. The predicted octanol–water partition coefficient (Wildman–Crippen LogP) is 4.08. The van der Waals surface area contributed by atoms with Crippen LogP contribution in [0.2, 0.25) is 0 Å². The highest BCUT2D eigenvalue weighted by Crippen LogP contribution is 2.33. The molecule has 1 aromatic heterocycles. The third-order valence-corrected chi connectivity index (χ3v) is 2.67. The van der Waals surface area contributed by atoms with E-state index in [1.54, 1.807) is 4.98 Å². The lowest BCUT2D eigenvalue weighted by molar-refractivity contribution is -0.141. The second-order valence-corrected chi connectivity index (χ2v) is 4.22. The largest absolute Gasteiger partial charge is 0.431 e. The Morgan fingerprint density at radius 3 is 2.05 bits per heavy atom. The van der Waals surface area contributed by atoms with Crippen LogP contribution in [-0.4, -0.2) is 4.98 Å². The lowest BCUT2D eigenvalue weighted by atomic mass is 10.0. The lowest BCUT2D eigenvalue weighted by Gasteiger charge is -2.11. The third-order valence-electron chi connectivity index (χ3n) is 2.67. The molecule has 0 radical (unpaired) electrons. The molecule has 2 rings (SSSR count). The van der Waals surface area contributed by atoms with E-state index in [4.69, 9.17) is 0 Å². The van der Waals surface area contributed by atoms with Crippen LogP contribution >= 0.6 is 0 Å². The summed E-state index contributed by atoms with van der Waals surface area (Å²) in [4.78, 5) is 12.8. The normalized spacial score (nSPS) is 12.5. The van der Waals surface area contributed by atoms with Crippen molar-refractivity contribution in [2.24, 2.45) is 0 Å². The number of aromatic nitrogens is 1. The van der Waals surface area contributed by atoms with E-state index >= 15 is 0 Å². The summed E-state index contributed by atoms with van der Waals surface area (Å²) in [5.74, 6) is 0. The second-order valence-electron chi connectivity index (χ2n) is 4.22. The van der Waals surface area contributed by atoms with Crippen LogP contribution in [0.4, 0.5) is 26.3 Å². The van der Waals surface area contributed by atoms with Gasteiger partial charge in [0.25, 0.3) is 0 Å². The quantitative estimate of drug-likeness (QED) is 0.791. The molecule has 0 fully saturated rings. The van der Waals surface area contributed by atoms with Gasteiger partial charge in [0, 0.05) is 6.07 Å². The smallest absolute Gasteiger partial charge is 0.318 e. The minimum atomic E-state index is -4.79. The van der Waals surface area contributed by atoms with Crippen LogP contribution in [0.1, 0.15) is 11.3 Å². The Bertz CT molecular complexity index is 714. The van der Waals surface area contributed by atoms with Crippen molar-refractivity contribution < 1.29 is 26.3 Å². The Morgan fingerprint density at radius 1 is 0.810 bits per heavy atom. The monoisotopic (exact) mass is 307 g/mol. The maximum absolute atomic E-state index is 12.6. The summed E-state index contributed by atoms with van der Waals surface area (Å²) in [6.45, 7) is 0. The first-order valence-electron chi connectivity index (χ1n) is 5.56. The number of nitrogens with one attached hydrogen (secondary N) is 1. The molecule has 0 unspecified atom stereocenters. The summed E-state index contributed by atoms with van der Waals surface area (Å²) < 4.78 is 75.5. The topological polar surface area (TPSA) is 32.9 Å². The number of H-pyrrole nitrogens is 1. The Labute approximate surface area is 114 Å². The van der Waals surface area contributed by atoms with Crippen LogP contribution in [0.15, 0.2) is 41.2 Å². The zero-order chi connectivity index (χ0) is 15.8. The van der Waals surface area contributed by atoms with Gasteiger partial charge in [0.15, 0.2) is 0 Å². The Balaban J connectivity index is 2.58. The lowest BCUT2D eigenvalue weighted by Crippen LogP contribution is -2.16.